The van der Waals surface area contributed by atoms with Crippen LogP contribution in [0.2, 0.25) is 0 Å². The zero-order valence-electron chi connectivity index (χ0n) is 20.3. The van der Waals surface area contributed by atoms with Crippen LogP contribution in [0.15, 0.2) is 71.9 Å². The number of esters is 1. The van der Waals surface area contributed by atoms with Crippen LogP contribution in [0.5, 0.6) is 0 Å². The minimum absolute atomic E-state index is 0.171. The van der Waals surface area contributed by atoms with Crippen molar-refractivity contribution in [3.8, 4) is 11.1 Å². The van der Waals surface area contributed by atoms with Crippen LogP contribution in [-0.2, 0) is 19.2 Å². The number of carbonyl (C=O) groups is 1. The maximum atomic E-state index is 14.1. The Morgan fingerprint density at radius 2 is 1.78 bits per heavy atom. The molecule has 1 aliphatic carbocycles. The first kappa shape index (κ1) is 24.4. The average Bonchev–Trinajstić information content (AvgIpc) is 3.79. The van der Waals surface area contributed by atoms with E-state index in [1.807, 2.05) is 47.4 Å². The van der Waals surface area contributed by atoms with Crippen LogP contribution in [-0.4, -0.2) is 64.0 Å². The second-order valence-electron chi connectivity index (χ2n) is 8.76. The standard InChI is InChI=1S/C27H30N4O4S/c1-2-34-26(32)22-16-28-27(29-17-22)31-14-15-35-23(19-31)18-30-36(33,25-12-13-25)24-10-8-21(9-11-24)20-6-4-3-5-7-20/h3-11,16-17,23H,2,12-15,18-19H2,1H3,(H,30,33). The number of carbonyl (C=O) groups excluding carboxylic acids is 1. The van der Waals surface area contributed by atoms with Crippen molar-refractivity contribution < 1.29 is 18.5 Å². The van der Waals surface area contributed by atoms with E-state index in [1.54, 1.807) is 6.92 Å². The van der Waals surface area contributed by atoms with E-state index in [0.717, 1.165) is 33.7 Å². The molecule has 2 atom stereocenters. The molecule has 2 aromatic carbocycles. The summed E-state index contributed by atoms with van der Waals surface area (Å²) in [7, 11) is -2.49. The Morgan fingerprint density at radius 1 is 1.08 bits per heavy atom. The predicted molar refractivity (Wildman–Crippen MR) is 140 cm³/mol. The van der Waals surface area contributed by atoms with Crippen molar-refractivity contribution in [2.75, 3.05) is 37.7 Å². The molecule has 36 heavy (non-hydrogen) atoms. The van der Waals surface area contributed by atoms with Crippen LogP contribution in [0.1, 0.15) is 30.1 Å². The summed E-state index contributed by atoms with van der Waals surface area (Å²) in [6, 6.07) is 18.2. The van der Waals surface area contributed by atoms with E-state index in [9.17, 15) is 9.00 Å². The molecular formula is C27H30N4O4S. The Bertz CT molecular complexity index is 1310. The van der Waals surface area contributed by atoms with E-state index >= 15 is 0 Å². The number of aromatic nitrogens is 2. The molecule has 1 N–H and O–H groups in total. The highest BCUT2D eigenvalue weighted by atomic mass is 32.2. The number of rotatable bonds is 8. The Kier molecular flexibility index (Phi) is 7.31. The number of benzene rings is 2. The van der Waals surface area contributed by atoms with Crippen molar-refractivity contribution in [2.24, 2.45) is 0 Å². The van der Waals surface area contributed by atoms with Crippen molar-refractivity contribution in [3.05, 3.63) is 72.6 Å². The molecule has 2 fully saturated rings. The normalized spacial score (nSPS) is 19.0. The maximum absolute atomic E-state index is 14.1. The third-order valence-electron chi connectivity index (χ3n) is 6.24. The fourth-order valence-corrected chi connectivity index (χ4v) is 6.52. The van der Waals surface area contributed by atoms with E-state index in [4.69, 9.17) is 9.47 Å². The van der Waals surface area contributed by atoms with Crippen LogP contribution in [0.4, 0.5) is 5.95 Å². The fraction of sp³-hybridized carbons (Fsp3) is 0.333. The summed E-state index contributed by atoms with van der Waals surface area (Å²) in [5.74, 6) is 0.0994. The second-order valence-corrected chi connectivity index (χ2v) is 11.2. The SMILES string of the molecule is CCOC(=O)c1cnc(N2CCOC(CNS(=O)(=C3CC3)c3ccc(-c4ccccc4)cc3)C2)nc1. The minimum Gasteiger partial charge on any atom is -0.462 e. The number of anilines is 1. The molecule has 8 nitrogen and oxygen atoms in total. The van der Waals surface area contributed by atoms with Gasteiger partial charge in [0.2, 0.25) is 5.95 Å². The molecule has 2 heterocycles. The topological polar surface area (TPSA) is 93.6 Å². The van der Waals surface area contributed by atoms with Gasteiger partial charge in [-0.2, -0.15) is 0 Å². The Hall–Kier alpha value is -3.27. The van der Waals surface area contributed by atoms with Gasteiger partial charge in [-0.1, -0.05) is 42.5 Å². The van der Waals surface area contributed by atoms with Gasteiger partial charge in [0.25, 0.3) is 0 Å². The largest absolute Gasteiger partial charge is 0.462 e. The van der Waals surface area contributed by atoms with Crippen LogP contribution in [0.3, 0.4) is 0 Å². The molecule has 0 radical (unpaired) electrons. The lowest BCUT2D eigenvalue weighted by atomic mass is 10.1. The Balaban J connectivity index is 1.25. The highest BCUT2D eigenvalue weighted by molar-refractivity contribution is 8.01. The Labute approximate surface area is 211 Å². The van der Waals surface area contributed by atoms with Crippen molar-refractivity contribution >= 4 is 26.5 Å². The number of ether oxygens (including phenoxy) is 2. The van der Waals surface area contributed by atoms with E-state index < -0.39 is 15.7 Å². The Morgan fingerprint density at radius 3 is 2.44 bits per heavy atom. The van der Waals surface area contributed by atoms with Crippen molar-refractivity contribution in [2.45, 2.75) is 30.8 Å². The molecule has 0 spiro atoms. The molecule has 5 rings (SSSR count). The van der Waals surface area contributed by atoms with Crippen LogP contribution < -0.4 is 9.62 Å². The third-order valence-corrected chi connectivity index (χ3v) is 8.97. The zero-order valence-corrected chi connectivity index (χ0v) is 21.1. The quantitative estimate of drug-likeness (QED) is 0.370. The number of nitrogens with one attached hydrogen (secondary N) is 1. The molecule has 0 bridgehead atoms. The first-order valence-electron chi connectivity index (χ1n) is 12.2. The molecule has 1 saturated heterocycles. The minimum atomic E-state index is -2.49. The lowest BCUT2D eigenvalue weighted by Gasteiger charge is -2.33. The van der Waals surface area contributed by atoms with Gasteiger partial charge in [0.15, 0.2) is 0 Å². The van der Waals surface area contributed by atoms with Crippen LogP contribution >= 0.6 is 0 Å². The van der Waals surface area contributed by atoms with Gasteiger partial charge < -0.3 is 14.4 Å². The summed E-state index contributed by atoms with van der Waals surface area (Å²) >= 11 is 0. The van der Waals surface area contributed by atoms with E-state index in [1.165, 1.54) is 12.4 Å². The molecule has 1 aromatic heterocycles. The molecule has 1 saturated carbocycles. The highest BCUT2D eigenvalue weighted by Crippen LogP contribution is 2.27. The number of hydrogen-bond donors (Lipinski definition) is 1. The number of hydrogen-bond acceptors (Lipinski definition) is 7. The zero-order chi connectivity index (χ0) is 25.0. The van der Waals surface area contributed by atoms with E-state index in [-0.39, 0.29) is 6.10 Å². The molecule has 2 unspecified atom stereocenters. The summed E-state index contributed by atoms with van der Waals surface area (Å²) in [6.45, 7) is 4.22. The fourth-order valence-electron chi connectivity index (χ4n) is 4.20. The molecule has 9 heteroatoms. The van der Waals surface area contributed by atoms with Gasteiger partial charge in [-0.15, -0.1) is 0 Å². The number of nitrogens with zero attached hydrogens (tertiary/aromatic N) is 3. The molecule has 1 aliphatic heterocycles. The summed E-state index contributed by atoms with van der Waals surface area (Å²) in [6.07, 6.45) is 4.56. The van der Waals surface area contributed by atoms with E-state index in [0.29, 0.717) is 44.4 Å². The van der Waals surface area contributed by atoms with Crippen molar-refractivity contribution in [1.29, 1.82) is 0 Å². The smallest absolute Gasteiger partial charge is 0.341 e. The lowest BCUT2D eigenvalue weighted by molar-refractivity contribution is 0.0438. The summed E-state index contributed by atoms with van der Waals surface area (Å²) in [5.41, 5.74) is 2.56. The maximum Gasteiger partial charge on any atom is 0.341 e. The van der Waals surface area contributed by atoms with Crippen molar-refractivity contribution in [3.63, 3.8) is 0 Å². The summed E-state index contributed by atoms with van der Waals surface area (Å²) in [5, 5.41) is 0. The van der Waals surface area contributed by atoms with Gasteiger partial charge in [0.05, 0.1) is 34.6 Å². The average molecular weight is 507 g/mol. The monoisotopic (exact) mass is 506 g/mol. The van der Waals surface area contributed by atoms with Gasteiger partial charge in [-0.3, -0.25) is 0 Å². The molecule has 2 aliphatic rings. The third kappa shape index (κ3) is 5.43. The summed E-state index contributed by atoms with van der Waals surface area (Å²) in [4.78, 5) is 24.4. The second kappa shape index (κ2) is 10.8. The molecular weight excluding hydrogens is 476 g/mol. The van der Waals surface area contributed by atoms with Gasteiger partial charge in [0, 0.05) is 41.8 Å². The predicted octanol–water partition coefficient (Wildman–Crippen LogP) is 3.34. The highest BCUT2D eigenvalue weighted by Gasteiger charge is 2.28. The first-order valence-corrected chi connectivity index (χ1v) is 13.8. The van der Waals surface area contributed by atoms with Gasteiger partial charge in [0.1, 0.15) is 0 Å². The van der Waals surface area contributed by atoms with Crippen LogP contribution in [0.25, 0.3) is 11.1 Å². The van der Waals surface area contributed by atoms with Gasteiger partial charge in [-0.25, -0.2) is 23.7 Å². The van der Waals surface area contributed by atoms with Crippen LogP contribution in [0, 0.1) is 0 Å². The van der Waals surface area contributed by atoms with Gasteiger partial charge >= 0.3 is 5.97 Å². The lowest BCUT2D eigenvalue weighted by Crippen LogP contribution is -2.48. The number of morpholine rings is 1. The van der Waals surface area contributed by atoms with E-state index in [2.05, 4.69) is 26.8 Å². The first-order chi connectivity index (χ1) is 17.6. The summed E-state index contributed by atoms with van der Waals surface area (Å²) < 4.78 is 28.4. The van der Waals surface area contributed by atoms with Crippen molar-refractivity contribution in [1.82, 2.24) is 14.7 Å². The molecule has 0 amide bonds. The van der Waals surface area contributed by atoms with Gasteiger partial charge in [-0.05, 0) is 43.0 Å². The molecule has 3 aromatic rings. The molecule has 188 valence electrons.